The molecule has 0 radical (unpaired) electrons. The van der Waals surface area contributed by atoms with E-state index in [1.807, 2.05) is 0 Å². The number of amides is 1. The number of ether oxygens (including phenoxy) is 2. The second-order valence-electron chi connectivity index (χ2n) is 5.47. The van der Waals surface area contributed by atoms with Gasteiger partial charge in [0.2, 0.25) is 5.91 Å². The summed E-state index contributed by atoms with van der Waals surface area (Å²) < 4.78 is 9.95. The summed E-state index contributed by atoms with van der Waals surface area (Å²) in [5.41, 5.74) is 0. The first kappa shape index (κ1) is 15.0. The molecule has 0 aromatic heterocycles. The zero-order valence-electron chi connectivity index (χ0n) is 11.7. The first-order chi connectivity index (χ1) is 9.61. The van der Waals surface area contributed by atoms with Crippen molar-refractivity contribution in [2.24, 2.45) is 11.8 Å². The molecule has 0 aromatic carbocycles. The van der Waals surface area contributed by atoms with Crippen LogP contribution in [0.5, 0.6) is 0 Å². The number of hydrogen-bond acceptors (Lipinski definition) is 5. The number of Topliss-reactive ketones (excluding diaryl/α,β-unsaturated/α-hetero) is 1. The van der Waals surface area contributed by atoms with E-state index in [1.165, 1.54) is 7.11 Å². The highest BCUT2D eigenvalue weighted by molar-refractivity contribution is 5.87. The average Bonchev–Trinajstić information content (AvgIpc) is 2.98. The van der Waals surface area contributed by atoms with Crippen LogP contribution in [0.15, 0.2) is 0 Å². The minimum atomic E-state index is -0.725. The molecule has 3 atom stereocenters. The van der Waals surface area contributed by atoms with Crippen LogP contribution in [0.3, 0.4) is 0 Å². The summed E-state index contributed by atoms with van der Waals surface area (Å²) in [5, 5.41) is 2.75. The highest BCUT2D eigenvalue weighted by atomic mass is 16.5. The predicted octanol–water partition coefficient (Wildman–Crippen LogP) is 0.440. The van der Waals surface area contributed by atoms with E-state index in [1.54, 1.807) is 0 Å². The number of ketones is 1. The van der Waals surface area contributed by atoms with Crippen LogP contribution in [-0.4, -0.2) is 44.0 Å². The highest BCUT2D eigenvalue weighted by Gasteiger charge is 2.36. The van der Waals surface area contributed by atoms with Crippen molar-refractivity contribution in [1.29, 1.82) is 0 Å². The molecule has 0 bridgehead atoms. The normalized spacial score (nSPS) is 27.9. The minimum Gasteiger partial charge on any atom is -0.467 e. The second-order valence-corrected chi connectivity index (χ2v) is 5.47. The van der Waals surface area contributed by atoms with Crippen LogP contribution >= 0.6 is 0 Å². The third kappa shape index (κ3) is 3.56. The molecule has 6 nitrogen and oxygen atoms in total. The second kappa shape index (κ2) is 6.83. The van der Waals surface area contributed by atoms with Crippen LogP contribution in [0.1, 0.15) is 32.1 Å². The lowest BCUT2D eigenvalue weighted by Crippen LogP contribution is -2.49. The Balaban J connectivity index is 2.01. The molecular weight excluding hydrogens is 262 g/mol. The third-order valence-electron chi connectivity index (χ3n) is 4.05. The topological polar surface area (TPSA) is 81.7 Å². The highest BCUT2D eigenvalue weighted by Crippen LogP contribution is 2.25. The number of hydrogen-bond donors (Lipinski definition) is 1. The molecule has 1 saturated carbocycles. The van der Waals surface area contributed by atoms with E-state index in [-0.39, 0.29) is 23.5 Å². The Morgan fingerprint density at radius 3 is 2.80 bits per heavy atom. The number of nitrogens with one attached hydrogen (secondary N) is 1. The van der Waals surface area contributed by atoms with E-state index in [9.17, 15) is 14.4 Å². The molecule has 1 aliphatic carbocycles. The van der Waals surface area contributed by atoms with Gasteiger partial charge >= 0.3 is 5.97 Å². The van der Waals surface area contributed by atoms with Gasteiger partial charge in [0, 0.05) is 19.4 Å². The molecule has 1 saturated heterocycles. The first-order valence-electron chi connectivity index (χ1n) is 7.09. The Kier molecular flexibility index (Phi) is 5.11. The van der Waals surface area contributed by atoms with Crippen molar-refractivity contribution in [1.82, 2.24) is 5.32 Å². The zero-order valence-corrected chi connectivity index (χ0v) is 11.7. The fraction of sp³-hybridized carbons (Fsp3) is 0.786. The maximum absolute atomic E-state index is 12.1. The zero-order chi connectivity index (χ0) is 14.5. The molecule has 1 aliphatic heterocycles. The van der Waals surface area contributed by atoms with E-state index in [2.05, 4.69) is 5.32 Å². The van der Waals surface area contributed by atoms with Crippen LogP contribution in [0, 0.1) is 11.8 Å². The van der Waals surface area contributed by atoms with Crippen molar-refractivity contribution in [2.75, 3.05) is 20.3 Å². The average molecular weight is 283 g/mol. The van der Waals surface area contributed by atoms with E-state index >= 15 is 0 Å². The van der Waals surface area contributed by atoms with Gasteiger partial charge in [0.15, 0.2) is 0 Å². The smallest absolute Gasteiger partial charge is 0.328 e. The third-order valence-corrected chi connectivity index (χ3v) is 4.05. The Morgan fingerprint density at radius 2 is 2.20 bits per heavy atom. The van der Waals surface area contributed by atoms with Crippen LogP contribution in [-0.2, 0) is 23.9 Å². The maximum atomic E-state index is 12.1. The molecule has 112 valence electrons. The number of carbonyl (C=O) groups excluding carboxylic acids is 3. The van der Waals surface area contributed by atoms with Gasteiger partial charge in [0.05, 0.1) is 19.6 Å². The van der Waals surface area contributed by atoms with Crippen molar-refractivity contribution in [3.8, 4) is 0 Å². The fourth-order valence-corrected chi connectivity index (χ4v) is 2.85. The summed E-state index contributed by atoms with van der Waals surface area (Å²) in [6.07, 6.45) is 3.09. The van der Waals surface area contributed by atoms with E-state index in [0.29, 0.717) is 32.5 Å². The van der Waals surface area contributed by atoms with Gasteiger partial charge in [0.25, 0.3) is 0 Å². The van der Waals surface area contributed by atoms with Crippen molar-refractivity contribution >= 4 is 17.7 Å². The molecule has 1 amide bonds. The number of methoxy groups -OCH3 is 1. The number of carbonyl (C=O) groups is 3. The van der Waals surface area contributed by atoms with E-state index < -0.39 is 12.0 Å². The van der Waals surface area contributed by atoms with Gasteiger partial charge in [-0.1, -0.05) is 0 Å². The van der Waals surface area contributed by atoms with Crippen LogP contribution in [0.25, 0.3) is 0 Å². The van der Waals surface area contributed by atoms with Crippen molar-refractivity contribution in [3.63, 3.8) is 0 Å². The summed E-state index contributed by atoms with van der Waals surface area (Å²) in [6, 6.07) is -0.725. The molecule has 2 aliphatic rings. The largest absolute Gasteiger partial charge is 0.467 e. The lowest BCUT2D eigenvalue weighted by atomic mass is 9.83. The maximum Gasteiger partial charge on any atom is 0.328 e. The number of esters is 1. The van der Waals surface area contributed by atoms with Crippen molar-refractivity contribution < 1.29 is 23.9 Å². The van der Waals surface area contributed by atoms with Gasteiger partial charge in [-0.25, -0.2) is 4.79 Å². The molecule has 0 spiro atoms. The van der Waals surface area contributed by atoms with E-state index in [4.69, 9.17) is 9.47 Å². The summed E-state index contributed by atoms with van der Waals surface area (Å²) in [6.45, 7) is 0.964. The van der Waals surface area contributed by atoms with Crippen molar-refractivity contribution in [2.45, 2.75) is 38.1 Å². The quantitative estimate of drug-likeness (QED) is 0.757. The lowest BCUT2D eigenvalue weighted by Gasteiger charge is -2.29. The Labute approximate surface area is 118 Å². The molecule has 0 aromatic rings. The molecule has 20 heavy (non-hydrogen) atoms. The first-order valence-corrected chi connectivity index (χ1v) is 7.09. The Morgan fingerprint density at radius 1 is 1.40 bits per heavy atom. The lowest BCUT2D eigenvalue weighted by molar-refractivity contribution is -0.148. The summed E-state index contributed by atoms with van der Waals surface area (Å²) in [7, 11) is 1.30. The SMILES string of the molecule is COC(=O)[C@H](NC(=O)[C@H]1CCOC1)[C@@H]1CCCC(=O)C1. The summed E-state index contributed by atoms with van der Waals surface area (Å²) >= 11 is 0. The summed E-state index contributed by atoms with van der Waals surface area (Å²) in [4.78, 5) is 35.6. The number of rotatable bonds is 4. The van der Waals surface area contributed by atoms with Gasteiger partial charge < -0.3 is 14.8 Å². The molecule has 0 unspecified atom stereocenters. The molecular formula is C14H21NO5. The van der Waals surface area contributed by atoms with Crippen molar-refractivity contribution in [3.05, 3.63) is 0 Å². The monoisotopic (exact) mass is 283 g/mol. The van der Waals surface area contributed by atoms with Gasteiger partial charge in [0.1, 0.15) is 11.8 Å². The predicted molar refractivity (Wildman–Crippen MR) is 69.8 cm³/mol. The fourth-order valence-electron chi connectivity index (χ4n) is 2.85. The molecule has 2 fully saturated rings. The minimum absolute atomic E-state index is 0.147. The van der Waals surface area contributed by atoms with Gasteiger partial charge in [-0.2, -0.15) is 0 Å². The molecule has 1 heterocycles. The van der Waals surface area contributed by atoms with Gasteiger partial charge in [-0.05, 0) is 25.2 Å². The Bertz CT molecular complexity index is 389. The van der Waals surface area contributed by atoms with E-state index in [0.717, 1.165) is 12.8 Å². The van der Waals surface area contributed by atoms with Gasteiger partial charge in [-0.15, -0.1) is 0 Å². The Hall–Kier alpha value is -1.43. The van der Waals surface area contributed by atoms with Crippen LogP contribution in [0.2, 0.25) is 0 Å². The molecule has 1 N–H and O–H groups in total. The van der Waals surface area contributed by atoms with Crippen LogP contribution < -0.4 is 5.32 Å². The molecule has 6 heteroatoms. The summed E-state index contributed by atoms with van der Waals surface area (Å²) in [5.74, 6) is -0.877. The molecule has 2 rings (SSSR count). The van der Waals surface area contributed by atoms with Gasteiger partial charge in [-0.3, -0.25) is 9.59 Å². The van der Waals surface area contributed by atoms with Crippen LogP contribution in [0.4, 0.5) is 0 Å². The standard InChI is InChI=1S/C14H21NO5/c1-19-14(18)12(9-3-2-4-11(16)7-9)15-13(17)10-5-6-20-8-10/h9-10,12H,2-8H2,1H3,(H,15,17)/t9-,10+,12-/m1/s1.